The fraction of sp³-hybridized carbons (Fsp3) is 0.562. The van der Waals surface area contributed by atoms with E-state index in [1.807, 2.05) is 19.1 Å². The Hall–Kier alpha value is -1.79. The topological polar surface area (TPSA) is 60.4 Å². The Morgan fingerprint density at radius 3 is 3.18 bits per heavy atom. The van der Waals surface area contributed by atoms with Crippen LogP contribution in [0, 0.1) is 18.3 Å². The second-order valence-corrected chi connectivity index (χ2v) is 6.41. The van der Waals surface area contributed by atoms with Crippen LogP contribution in [0.15, 0.2) is 18.5 Å². The molecule has 4 rings (SSSR count). The third kappa shape index (κ3) is 2.06. The lowest BCUT2D eigenvalue weighted by molar-refractivity contribution is 0.0660. The van der Waals surface area contributed by atoms with Gasteiger partial charge < -0.3 is 14.4 Å². The summed E-state index contributed by atoms with van der Waals surface area (Å²) in [7, 11) is 1.76. The van der Waals surface area contributed by atoms with Crippen LogP contribution in [0.5, 0.6) is 0 Å². The second-order valence-electron chi connectivity index (χ2n) is 6.41. The van der Waals surface area contributed by atoms with Gasteiger partial charge >= 0.3 is 0 Å². The molecule has 0 aliphatic carbocycles. The van der Waals surface area contributed by atoms with Crippen LogP contribution in [-0.4, -0.2) is 55.0 Å². The zero-order chi connectivity index (χ0) is 15.2. The SMILES string of the molecule is COC[C@@]12COC[C@@H]1CN(c1ncnc3ccc(C)nc13)C2. The molecule has 0 radical (unpaired) electrons. The van der Waals surface area contributed by atoms with Crippen LogP contribution >= 0.6 is 0 Å². The van der Waals surface area contributed by atoms with Crippen molar-refractivity contribution in [3.05, 3.63) is 24.2 Å². The van der Waals surface area contributed by atoms with E-state index >= 15 is 0 Å². The smallest absolute Gasteiger partial charge is 0.158 e. The van der Waals surface area contributed by atoms with Gasteiger partial charge in [0.1, 0.15) is 11.8 Å². The van der Waals surface area contributed by atoms with Gasteiger partial charge in [0.2, 0.25) is 0 Å². The molecule has 2 aliphatic rings. The van der Waals surface area contributed by atoms with E-state index in [-0.39, 0.29) is 5.41 Å². The van der Waals surface area contributed by atoms with E-state index < -0.39 is 0 Å². The normalized spacial score (nSPS) is 27.5. The summed E-state index contributed by atoms with van der Waals surface area (Å²) in [4.78, 5) is 15.8. The highest BCUT2D eigenvalue weighted by molar-refractivity contribution is 5.85. The van der Waals surface area contributed by atoms with Crippen molar-refractivity contribution in [2.75, 3.05) is 44.9 Å². The number of nitrogens with zero attached hydrogens (tertiary/aromatic N) is 4. The van der Waals surface area contributed by atoms with Crippen molar-refractivity contribution in [3.63, 3.8) is 0 Å². The Morgan fingerprint density at radius 2 is 2.32 bits per heavy atom. The molecule has 2 saturated heterocycles. The van der Waals surface area contributed by atoms with Crippen LogP contribution < -0.4 is 4.90 Å². The van der Waals surface area contributed by atoms with Crippen LogP contribution in [0.2, 0.25) is 0 Å². The number of ether oxygens (including phenoxy) is 2. The molecule has 0 spiro atoms. The summed E-state index contributed by atoms with van der Waals surface area (Å²) in [6.45, 7) is 6.12. The van der Waals surface area contributed by atoms with Crippen molar-refractivity contribution in [3.8, 4) is 0 Å². The van der Waals surface area contributed by atoms with Crippen molar-refractivity contribution < 1.29 is 9.47 Å². The molecule has 2 aromatic rings. The van der Waals surface area contributed by atoms with Crippen LogP contribution in [0.1, 0.15) is 5.69 Å². The highest BCUT2D eigenvalue weighted by Gasteiger charge is 2.51. The third-order valence-corrected chi connectivity index (χ3v) is 4.85. The number of pyridine rings is 1. The van der Waals surface area contributed by atoms with Crippen molar-refractivity contribution >= 4 is 16.9 Å². The minimum atomic E-state index is 0.0792. The van der Waals surface area contributed by atoms with Gasteiger partial charge in [-0.3, -0.25) is 0 Å². The molecule has 0 aromatic carbocycles. The summed E-state index contributed by atoms with van der Waals surface area (Å²) in [6, 6.07) is 3.99. The number of hydrogen-bond acceptors (Lipinski definition) is 6. The number of methoxy groups -OCH3 is 1. The largest absolute Gasteiger partial charge is 0.384 e. The molecule has 4 heterocycles. The van der Waals surface area contributed by atoms with Gasteiger partial charge in [-0.1, -0.05) is 0 Å². The monoisotopic (exact) mass is 300 g/mol. The quantitative estimate of drug-likeness (QED) is 0.854. The van der Waals surface area contributed by atoms with Crippen molar-refractivity contribution in [2.24, 2.45) is 11.3 Å². The first kappa shape index (κ1) is 13.8. The van der Waals surface area contributed by atoms with Gasteiger partial charge in [-0.25, -0.2) is 15.0 Å². The maximum Gasteiger partial charge on any atom is 0.158 e. The van der Waals surface area contributed by atoms with Crippen LogP contribution in [0.4, 0.5) is 5.82 Å². The van der Waals surface area contributed by atoms with E-state index in [1.54, 1.807) is 13.4 Å². The number of aryl methyl sites for hydroxylation is 1. The summed E-state index contributed by atoms with van der Waals surface area (Å²) in [5.41, 5.74) is 2.84. The molecule has 2 aliphatic heterocycles. The Kier molecular flexibility index (Phi) is 3.23. The average molecular weight is 300 g/mol. The van der Waals surface area contributed by atoms with Crippen LogP contribution in [-0.2, 0) is 9.47 Å². The van der Waals surface area contributed by atoms with E-state index in [9.17, 15) is 0 Å². The van der Waals surface area contributed by atoms with Crippen LogP contribution in [0.3, 0.4) is 0 Å². The molecular weight excluding hydrogens is 280 g/mol. The van der Waals surface area contributed by atoms with Gasteiger partial charge in [-0.15, -0.1) is 0 Å². The highest BCUT2D eigenvalue weighted by Crippen LogP contribution is 2.43. The van der Waals surface area contributed by atoms with Crippen molar-refractivity contribution in [1.82, 2.24) is 15.0 Å². The first-order chi connectivity index (χ1) is 10.7. The maximum atomic E-state index is 5.70. The lowest BCUT2D eigenvalue weighted by Gasteiger charge is -2.26. The first-order valence-corrected chi connectivity index (χ1v) is 7.62. The van der Waals surface area contributed by atoms with Gasteiger partial charge in [0, 0.05) is 37.2 Å². The summed E-state index contributed by atoms with van der Waals surface area (Å²) in [5, 5.41) is 0. The first-order valence-electron chi connectivity index (χ1n) is 7.62. The van der Waals surface area contributed by atoms with Gasteiger partial charge in [0.05, 0.1) is 25.3 Å². The number of anilines is 1. The minimum absolute atomic E-state index is 0.0792. The van der Waals surface area contributed by atoms with E-state index in [0.29, 0.717) is 5.92 Å². The van der Waals surface area contributed by atoms with Crippen LogP contribution in [0.25, 0.3) is 11.0 Å². The van der Waals surface area contributed by atoms with E-state index in [1.165, 1.54) is 0 Å². The van der Waals surface area contributed by atoms with E-state index in [0.717, 1.165) is 55.5 Å². The standard InChI is InChI=1S/C16H20N4O2/c1-11-3-4-13-14(19-11)15(18-10-17-13)20-5-12-6-22-9-16(12,7-20)8-21-2/h3-4,10,12H,5-9H2,1-2H3/t12-,16-/m0/s1. The van der Waals surface area contributed by atoms with Gasteiger partial charge in [-0.05, 0) is 19.1 Å². The lowest BCUT2D eigenvalue weighted by Crippen LogP contribution is -2.35. The molecule has 116 valence electrons. The summed E-state index contributed by atoms with van der Waals surface area (Å²) in [6.07, 6.45) is 1.63. The fourth-order valence-electron chi connectivity index (χ4n) is 3.74. The predicted octanol–water partition coefficient (Wildman–Crippen LogP) is 1.43. The summed E-state index contributed by atoms with van der Waals surface area (Å²) in [5.74, 6) is 1.42. The van der Waals surface area contributed by atoms with E-state index in [2.05, 4.69) is 19.9 Å². The molecule has 6 heteroatoms. The zero-order valence-corrected chi connectivity index (χ0v) is 13.0. The third-order valence-electron chi connectivity index (χ3n) is 4.85. The average Bonchev–Trinajstić information content (AvgIpc) is 3.03. The number of hydrogen-bond donors (Lipinski definition) is 0. The molecule has 0 amide bonds. The molecule has 22 heavy (non-hydrogen) atoms. The van der Waals surface area contributed by atoms with Gasteiger partial charge in [0.25, 0.3) is 0 Å². The highest BCUT2D eigenvalue weighted by atomic mass is 16.5. The number of rotatable bonds is 3. The Balaban J connectivity index is 1.73. The zero-order valence-electron chi connectivity index (χ0n) is 13.0. The molecular formula is C16H20N4O2. The Labute approximate surface area is 129 Å². The predicted molar refractivity (Wildman–Crippen MR) is 82.9 cm³/mol. The summed E-state index contributed by atoms with van der Waals surface area (Å²) < 4.78 is 11.2. The van der Waals surface area contributed by atoms with Gasteiger partial charge in [0.15, 0.2) is 5.82 Å². The lowest BCUT2D eigenvalue weighted by atomic mass is 9.82. The van der Waals surface area contributed by atoms with Gasteiger partial charge in [-0.2, -0.15) is 0 Å². The molecule has 6 nitrogen and oxygen atoms in total. The molecule has 2 fully saturated rings. The molecule has 0 unspecified atom stereocenters. The van der Waals surface area contributed by atoms with E-state index in [4.69, 9.17) is 9.47 Å². The molecule has 0 N–H and O–H groups in total. The fourth-order valence-corrected chi connectivity index (χ4v) is 3.74. The molecule has 0 bridgehead atoms. The summed E-state index contributed by atoms with van der Waals surface area (Å²) >= 11 is 0. The van der Waals surface area contributed by atoms with Crippen molar-refractivity contribution in [1.29, 1.82) is 0 Å². The molecule has 2 atom stereocenters. The minimum Gasteiger partial charge on any atom is -0.384 e. The molecule has 0 saturated carbocycles. The number of fused-ring (bicyclic) bond motifs is 2. The maximum absolute atomic E-state index is 5.70. The molecule has 2 aromatic heterocycles. The van der Waals surface area contributed by atoms with Crippen molar-refractivity contribution in [2.45, 2.75) is 6.92 Å². The number of aromatic nitrogens is 3. The Bertz CT molecular complexity index is 708. The second kappa shape index (κ2) is 5.14. The Morgan fingerprint density at radius 1 is 1.41 bits per heavy atom.